The van der Waals surface area contributed by atoms with E-state index < -0.39 is 6.09 Å². The highest BCUT2D eigenvalue weighted by atomic mass is 16.5. The highest BCUT2D eigenvalue weighted by Gasteiger charge is 2.32. The van der Waals surface area contributed by atoms with Crippen LogP contribution >= 0.6 is 0 Å². The van der Waals surface area contributed by atoms with Crippen molar-refractivity contribution in [3.63, 3.8) is 0 Å². The first kappa shape index (κ1) is 15.3. The van der Waals surface area contributed by atoms with Crippen LogP contribution in [-0.4, -0.2) is 44.4 Å². The quantitative estimate of drug-likeness (QED) is 0.758. The molecular formula is C14H19N3O4. The minimum Gasteiger partial charge on any atom is -0.453 e. The molecule has 0 radical (unpaired) electrons. The lowest BCUT2D eigenvalue weighted by molar-refractivity contribution is -0.130. The van der Waals surface area contributed by atoms with E-state index in [0.717, 1.165) is 13.1 Å². The van der Waals surface area contributed by atoms with Gasteiger partial charge in [-0.05, 0) is 31.2 Å². The lowest BCUT2D eigenvalue weighted by Gasteiger charge is -2.38. The smallest absolute Gasteiger partial charge is 0.411 e. The van der Waals surface area contributed by atoms with E-state index in [-0.39, 0.29) is 18.1 Å². The molecule has 0 atom stereocenters. The molecule has 7 heteroatoms. The molecule has 1 aromatic rings. The van der Waals surface area contributed by atoms with Crippen LogP contribution < -0.4 is 16.0 Å². The monoisotopic (exact) mass is 293 g/mol. The Morgan fingerprint density at radius 3 is 2.24 bits per heavy atom. The van der Waals surface area contributed by atoms with Crippen LogP contribution in [0.5, 0.6) is 0 Å². The molecule has 2 rings (SSSR count). The Bertz CT molecular complexity index is 511. The summed E-state index contributed by atoms with van der Waals surface area (Å²) in [6, 6.07) is 6.72. The first-order chi connectivity index (χ1) is 10.0. The van der Waals surface area contributed by atoms with Gasteiger partial charge in [0, 0.05) is 24.5 Å². The van der Waals surface area contributed by atoms with E-state index in [4.69, 9.17) is 4.74 Å². The van der Waals surface area contributed by atoms with Crippen molar-refractivity contribution in [2.45, 2.75) is 12.5 Å². The molecule has 0 aromatic heterocycles. The van der Waals surface area contributed by atoms with E-state index >= 15 is 0 Å². The molecular weight excluding hydrogens is 274 g/mol. The largest absolute Gasteiger partial charge is 0.453 e. The van der Waals surface area contributed by atoms with Gasteiger partial charge in [0.25, 0.3) is 0 Å². The van der Waals surface area contributed by atoms with Crippen molar-refractivity contribution >= 4 is 23.4 Å². The summed E-state index contributed by atoms with van der Waals surface area (Å²) in [6.07, 6.45) is -0.539. The summed E-state index contributed by atoms with van der Waals surface area (Å²) >= 11 is 0. The predicted octanol–water partition coefficient (Wildman–Crippen LogP) is 1.18. The Kier molecular flexibility index (Phi) is 4.77. The zero-order chi connectivity index (χ0) is 15.3. The van der Waals surface area contributed by atoms with E-state index in [0.29, 0.717) is 11.4 Å². The Morgan fingerprint density at radius 1 is 1.19 bits per heavy atom. The topological polar surface area (TPSA) is 88.7 Å². The normalized spacial score (nSPS) is 15.7. The number of amides is 2. The van der Waals surface area contributed by atoms with Crippen molar-refractivity contribution in [3.8, 4) is 0 Å². The van der Waals surface area contributed by atoms with Crippen LogP contribution in [0.25, 0.3) is 0 Å². The number of hydrogen-bond donors (Lipinski definition) is 3. The minimum atomic E-state index is -0.539. The van der Waals surface area contributed by atoms with E-state index in [2.05, 4.69) is 20.7 Å². The van der Waals surface area contributed by atoms with Gasteiger partial charge in [0.1, 0.15) is 6.61 Å². The molecule has 2 amide bonds. The number of rotatable bonds is 5. The van der Waals surface area contributed by atoms with Gasteiger partial charge in [-0.2, -0.15) is 0 Å². The summed E-state index contributed by atoms with van der Waals surface area (Å²) in [6.45, 7) is 3.49. The van der Waals surface area contributed by atoms with Crippen LogP contribution in [0.4, 0.5) is 16.2 Å². The number of anilines is 2. The standard InChI is InChI=1S/C14H19N3O4/c1-14(8-15-9-14)21-7-12(18)16-10-3-5-11(6-4-10)17-13(19)20-2/h3-6,15H,7-9H2,1-2H3,(H,16,18)(H,17,19). The molecule has 1 aliphatic rings. The maximum Gasteiger partial charge on any atom is 0.411 e. The van der Waals surface area contributed by atoms with Crippen molar-refractivity contribution in [1.82, 2.24) is 5.32 Å². The Hall–Kier alpha value is -2.12. The number of carbonyl (C=O) groups excluding carboxylic acids is 2. The molecule has 0 saturated carbocycles. The molecule has 1 fully saturated rings. The van der Waals surface area contributed by atoms with Crippen LogP contribution in [0, 0.1) is 0 Å². The summed E-state index contributed by atoms with van der Waals surface area (Å²) in [5, 5.41) is 8.36. The number of nitrogens with one attached hydrogen (secondary N) is 3. The Morgan fingerprint density at radius 2 is 1.76 bits per heavy atom. The molecule has 21 heavy (non-hydrogen) atoms. The van der Waals surface area contributed by atoms with E-state index in [1.165, 1.54) is 7.11 Å². The van der Waals surface area contributed by atoms with Gasteiger partial charge in [-0.1, -0.05) is 0 Å². The molecule has 7 nitrogen and oxygen atoms in total. The van der Waals surface area contributed by atoms with Crippen molar-refractivity contribution in [2.75, 3.05) is 37.4 Å². The molecule has 3 N–H and O–H groups in total. The van der Waals surface area contributed by atoms with Gasteiger partial charge >= 0.3 is 6.09 Å². The molecule has 1 heterocycles. The van der Waals surface area contributed by atoms with Crippen molar-refractivity contribution in [2.24, 2.45) is 0 Å². The fraction of sp³-hybridized carbons (Fsp3) is 0.429. The summed E-state index contributed by atoms with van der Waals surface area (Å²) in [5.41, 5.74) is 0.978. The zero-order valence-electron chi connectivity index (χ0n) is 12.1. The molecule has 1 saturated heterocycles. The molecule has 0 bridgehead atoms. The third kappa shape index (κ3) is 4.44. The minimum absolute atomic E-state index is 0.0142. The van der Waals surface area contributed by atoms with E-state index in [9.17, 15) is 9.59 Å². The first-order valence-electron chi connectivity index (χ1n) is 6.60. The Labute approximate surface area is 123 Å². The second-order valence-electron chi connectivity index (χ2n) is 5.08. The number of ether oxygens (including phenoxy) is 2. The van der Waals surface area contributed by atoms with Crippen LogP contribution in [-0.2, 0) is 14.3 Å². The molecule has 1 aliphatic heterocycles. The summed E-state index contributed by atoms with van der Waals surface area (Å²) in [5.74, 6) is -0.211. The fourth-order valence-electron chi connectivity index (χ4n) is 1.82. The number of methoxy groups -OCH3 is 1. The average Bonchev–Trinajstić information content (AvgIpc) is 2.45. The third-order valence-corrected chi connectivity index (χ3v) is 3.15. The zero-order valence-corrected chi connectivity index (χ0v) is 12.1. The maximum atomic E-state index is 11.8. The predicted molar refractivity (Wildman–Crippen MR) is 78.3 cm³/mol. The summed E-state index contributed by atoms with van der Waals surface area (Å²) in [7, 11) is 1.29. The van der Waals surface area contributed by atoms with Crippen molar-refractivity contribution in [3.05, 3.63) is 24.3 Å². The van der Waals surface area contributed by atoms with Crippen LogP contribution in [0.2, 0.25) is 0 Å². The van der Waals surface area contributed by atoms with Gasteiger partial charge in [0.2, 0.25) is 5.91 Å². The summed E-state index contributed by atoms with van der Waals surface area (Å²) < 4.78 is 10.0. The van der Waals surface area contributed by atoms with Crippen LogP contribution in [0.3, 0.4) is 0 Å². The molecule has 114 valence electrons. The molecule has 0 aliphatic carbocycles. The Balaban J connectivity index is 1.79. The molecule has 0 spiro atoms. The van der Waals surface area contributed by atoms with Crippen LogP contribution in [0.1, 0.15) is 6.92 Å². The van der Waals surface area contributed by atoms with Crippen molar-refractivity contribution < 1.29 is 19.1 Å². The third-order valence-electron chi connectivity index (χ3n) is 3.15. The van der Waals surface area contributed by atoms with Gasteiger partial charge in [-0.3, -0.25) is 10.1 Å². The van der Waals surface area contributed by atoms with Gasteiger partial charge in [0.15, 0.2) is 0 Å². The van der Waals surface area contributed by atoms with Gasteiger partial charge in [-0.25, -0.2) is 4.79 Å². The lowest BCUT2D eigenvalue weighted by atomic mass is 10.0. The van der Waals surface area contributed by atoms with Gasteiger partial charge in [-0.15, -0.1) is 0 Å². The second-order valence-corrected chi connectivity index (χ2v) is 5.08. The van der Waals surface area contributed by atoms with Gasteiger partial charge < -0.3 is 20.1 Å². The summed E-state index contributed by atoms with van der Waals surface area (Å²) in [4.78, 5) is 22.8. The molecule has 1 aromatic carbocycles. The maximum absolute atomic E-state index is 11.8. The molecule has 0 unspecified atom stereocenters. The highest BCUT2D eigenvalue weighted by molar-refractivity contribution is 5.92. The van der Waals surface area contributed by atoms with Crippen LogP contribution in [0.15, 0.2) is 24.3 Å². The first-order valence-corrected chi connectivity index (χ1v) is 6.60. The fourth-order valence-corrected chi connectivity index (χ4v) is 1.82. The SMILES string of the molecule is COC(=O)Nc1ccc(NC(=O)COC2(C)CNC2)cc1. The van der Waals surface area contributed by atoms with E-state index in [1.54, 1.807) is 24.3 Å². The highest BCUT2D eigenvalue weighted by Crippen LogP contribution is 2.16. The second kappa shape index (κ2) is 6.55. The average molecular weight is 293 g/mol. The number of benzene rings is 1. The van der Waals surface area contributed by atoms with Gasteiger partial charge in [0.05, 0.1) is 12.7 Å². The lowest BCUT2D eigenvalue weighted by Crippen LogP contribution is -2.59. The van der Waals surface area contributed by atoms with Crippen molar-refractivity contribution in [1.29, 1.82) is 0 Å². The van der Waals surface area contributed by atoms with E-state index in [1.807, 2.05) is 6.92 Å². The number of carbonyl (C=O) groups is 2. The number of hydrogen-bond acceptors (Lipinski definition) is 5.